The molecule has 0 aromatic carbocycles. The summed E-state index contributed by atoms with van der Waals surface area (Å²) in [5.74, 6) is -5.43. The lowest BCUT2D eigenvalue weighted by atomic mass is 10.0. The number of hydrogen-bond acceptors (Lipinski definition) is 4. The number of halogens is 10. The third kappa shape index (κ3) is 9.20. The average Bonchev–Trinajstić information content (AvgIpc) is 3.76. The first-order chi connectivity index (χ1) is 20.5. The van der Waals surface area contributed by atoms with Gasteiger partial charge in [-0.3, -0.25) is 9.59 Å². The molecule has 4 unspecified atom stereocenters. The second-order valence-corrected chi connectivity index (χ2v) is 12.1. The van der Waals surface area contributed by atoms with E-state index in [1.165, 1.54) is 36.5 Å². The van der Waals surface area contributed by atoms with Gasteiger partial charge in [0.1, 0.15) is 16.9 Å². The zero-order valence-electron chi connectivity index (χ0n) is 22.5. The number of carbonyl (C=O) groups excluding carboxylic acids is 2. The number of aliphatic hydroxyl groups is 1. The van der Waals surface area contributed by atoms with Gasteiger partial charge in [-0.15, -0.1) is 34.8 Å². The Balaban J connectivity index is 1.64. The quantitative estimate of drug-likeness (QED) is 0.0565. The predicted octanol–water partition coefficient (Wildman–Crippen LogP) is 6.70. The standard InChI is InChI=1S/C28H25Cl4F6N3O3/c1-2-4-19(34)17(29)7-6-16-23(28(16,31)32)26(44)41-24-13-9-15(18(30)10-14(13)24)25(43)40-21(5-3-8-33)20(35)12-39-22(42)11-27(36,37)38/h2-10,12-13,16-17,19,23,25,40,43H,11H2,1H3,(H,39,42)(H,41,44)/b4-2-,7-6+,8-3+,20-12-,21-5+/t13-,16?,17?,19?,23-,25?/m1/s1. The van der Waals surface area contributed by atoms with Gasteiger partial charge in [0.2, 0.25) is 11.8 Å². The molecule has 0 heterocycles. The predicted molar refractivity (Wildman–Crippen MR) is 156 cm³/mol. The molecule has 0 bridgehead atoms. The molecule has 3 rings (SSSR count). The van der Waals surface area contributed by atoms with Crippen LogP contribution in [-0.2, 0) is 9.59 Å². The number of nitrogens with one attached hydrogen (secondary N) is 3. The fraction of sp³-hybridized carbons (Fsp3) is 0.357. The molecule has 44 heavy (non-hydrogen) atoms. The van der Waals surface area contributed by atoms with Crippen molar-refractivity contribution >= 4 is 58.2 Å². The largest absolute Gasteiger partial charge is 0.397 e. The number of allylic oxidation sites excluding steroid dienone is 10. The van der Waals surface area contributed by atoms with Gasteiger partial charge in [0, 0.05) is 34.3 Å². The summed E-state index contributed by atoms with van der Waals surface area (Å²) < 4.78 is 76.7. The third-order valence-electron chi connectivity index (χ3n) is 6.51. The maximum absolute atomic E-state index is 14.6. The topological polar surface area (TPSA) is 90.5 Å². The number of amides is 2. The highest BCUT2D eigenvalue weighted by atomic mass is 35.5. The molecule has 3 aliphatic carbocycles. The van der Waals surface area contributed by atoms with Crippen LogP contribution in [0.15, 0.2) is 94.5 Å². The summed E-state index contributed by atoms with van der Waals surface area (Å²) in [7, 11) is 0. The third-order valence-corrected chi connectivity index (χ3v) is 8.20. The van der Waals surface area contributed by atoms with Crippen molar-refractivity contribution < 1.29 is 41.0 Å². The molecule has 0 radical (unpaired) electrons. The molecule has 3 aliphatic rings. The lowest BCUT2D eigenvalue weighted by molar-refractivity contribution is -0.153. The van der Waals surface area contributed by atoms with Crippen molar-refractivity contribution in [2.24, 2.45) is 17.8 Å². The van der Waals surface area contributed by atoms with Gasteiger partial charge in [0.05, 0.1) is 23.3 Å². The minimum Gasteiger partial charge on any atom is -0.369 e. The Hall–Kier alpha value is -2.64. The summed E-state index contributed by atoms with van der Waals surface area (Å²) in [5.41, 5.74) is 0.448. The van der Waals surface area contributed by atoms with Gasteiger partial charge in [0.15, 0.2) is 12.1 Å². The zero-order chi connectivity index (χ0) is 33.0. The number of aliphatic hydroxyl groups excluding tert-OH is 1. The first kappa shape index (κ1) is 35.8. The second kappa shape index (κ2) is 14.6. The SMILES string of the molecule is C/C=C\C(F)C(Cl)/C=C/C1[C@H](C(=O)NC2=C3C=C(Cl)C(C(O)NC(=C/C=C/F)/C(F)=C/NC(=O)CC(F)(F)F)=C[C@H]32)C1(Cl)Cl. The maximum Gasteiger partial charge on any atom is 0.397 e. The summed E-state index contributed by atoms with van der Waals surface area (Å²) in [6.45, 7) is 1.64. The number of carbonyl (C=O) groups is 2. The van der Waals surface area contributed by atoms with Gasteiger partial charge in [-0.25, -0.2) is 13.2 Å². The number of hydrogen-bond donors (Lipinski definition) is 4. The molecule has 16 heteroatoms. The molecular weight excluding hydrogens is 682 g/mol. The molecule has 6 nitrogen and oxygen atoms in total. The van der Waals surface area contributed by atoms with Crippen LogP contribution in [0, 0.1) is 17.8 Å². The van der Waals surface area contributed by atoms with Crippen LogP contribution in [-0.4, -0.2) is 45.2 Å². The van der Waals surface area contributed by atoms with E-state index in [1.807, 2.05) is 0 Å². The monoisotopic (exact) mass is 705 g/mol. The summed E-state index contributed by atoms with van der Waals surface area (Å²) in [5, 5.41) is 16.3. The molecule has 1 saturated carbocycles. The number of alkyl halides is 7. The second-order valence-electron chi connectivity index (χ2n) is 9.73. The molecule has 4 N–H and O–H groups in total. The smallest absolute Gasteiger partial charge is 0.369 e. The van der Waals surface area contributed by atoms with Gasteiger partial charge in [0.25, 0.3) is 0 Å². The Morgan fingerprint density at radius 1 is 1.23 bits per heavy atom. The van der Waals surface area contributed by atoms with Crippen molar-refractivity contribution in [3.63, 3.8) is 0 Å². The van der Waals surface area contributed by atoms with E-state index in [-0.39, 0.29) is 16.9 Å². The molecule has 0 saturated heterocycles. The average molecular weight is 707 g/mol. The van der Waals surface area contributed by atoms with Crippen molar-refractivity contribution in [1.82, 2.24) is 16.0 Å². The van der Waals surface area contributed by atoms with E-state index in [2.05, 4.69) is 10.6 Å². The number of rotatable bonds is 13. The highest BCUT2D eigenvalue weighted by Gasteiger charge is 2.66. The number of fused-ring (bicyclic) bond motifs is 1. The lowest BCUT2D eigenvalue weighted by Crippen LogP contribution is -2.32. The fourth-order valence-electron chi connectivity index (χ4n) is 4.22. The van der Waals surface area contributed by atoms with Crippen LogP contribution in [0.3, 0.4) is 0 Å². The minimum atomic E-state index is -4.82. The van der Waals surface area contributed by atoms with Gasteiger partial charge >= 0.3 is 6.18 Å². The van der Waals surface area contributed by atoms with Crippen molar-refractivity contribution in [3.05, 3.63) is 94.5 Å². The van der Waals surface area contributed by atoms with Crippen molar-refractivity contribution in [3.8, 4) is 0 Å². The minimum absolute atomic E-state index is 0.00456. The van der Waals surface area contributed by atoms with Crippen LogP contribution >= 0.6 is 46.4 Å². The molecule has 1 fully saturated rings. The van der Waals surface area contributed by atoms with E-state index in [4.69, 9.17) is 46.4 Å². The molecule has 0 aliphatic heterocycles. The summed E-state index contributed by atoms with van der Waals surface area (Å²) in [6.07, 6.45) is 0.550. The Bertz CT molecular complexity index is 1400. The van der Waals surface area contributed by atoms with E-state index in [0.29, 0.717) is 17.5 Å². The van der Waals surface area contributed by atoms with E-state index >= 15 is 0 Å². The van der Waals surface area contributed by atoms with Crippen LogP contribution in [0.25, 0.3) is 0 Å². The lowest BCUT2D eigenvalue weighted by Gasteiger charge is -2.20. The first-order valence-corrected chi connectivity index (χ1v) is 14.3. The van der Waals surface area contributed by atoms with Crippen molar-refractivity contribution in [2.75, 3.05) is 0 Å². The molecule has 240 valence electrons. The van der Waals surface area contributed by atoms with E-state index < -0.39 is 75.8 Å². The molecule has 2 amide bonds. The maximum atomic E-state index is 14.6. The van der Waals surface area contributed by atoms with Gasteiger partial charge in [-0.1, -0.05) is 42.0 Å². The van der Waals surface area contributed by atoms with Crippen molar-refractivity contribution in [1.29, 1.82) is 0 Å². The normalized spacial score (nSPS) is 25.4. The van der Waals surface area contributed by atoms with Crippen molar-refractivity contribution in [2.45, 2.75) is 41.6 Å². The summed E-state index contributed by atoms with van der Waals surface area (Å²) in [4.78, 5) is 24.3. The fourth-order valence-corrected chi connectivity index (χ4v) is 5.41. The van der Waals surface area contributed by atoms with E-state index in [9.17, 15) is 41.0 Å². The summed E-state index contributed by atoms with van der Waals surface area (Å²) in [6, 6.07) is 0. The van der Waals surface area contributed by atoms with Crippen LogP contribution in [0.5, 0.6) is 0 Å². The Morgan fingerprint density at radius 3 is 2.52 bits per heavy atom. The highest BCUT2D eigenvalue weighted by molar-refractivity contribution is 6.53. The van der Waals surface area contributed by atoms with Crippen LogP contribution < -0.4 is 16.0 Å². The Labute approximate surface area is 268 Å². The Morgan fingerprint density at radius 2 is 1.91 bits per heavy atom. The van der Waals surface area contributed by atoms with Crippen LogP contribution in [0.4, 0.5) is 26.3 Å². The Kier molecular flexibility index (Phi) is 11.9. The van der Waals surface area contributed by atoms with E-state index in [1.54, 1.807) is 12.2 Å². The molecule has 0 aromatic heterocycles. The summed E-state index contributed by atoms with van der Waals surface area (Å²) >= 11 is 24.8. The van der Waals surface area contributed by atoms with Gasteiger partial charge in [-0.05, 0) is 30.7 Å². The molecule has 6 atom stereocenters. The molecule has 0 aromatic rings. The molecule has 0 spiro atoms. The zero-order valence-corrected chi connectivity index (χ0v) is 25.5. The van der Waals surface area contributed by atoms with E-state index in [0.717, 1.165) is 12.2 Å². The van der Waals surface area contributed by atoms with Crippen LogP contribution in [0.2, 0.25) is 0 Å². The highest BCUT2D eigenvalue weighted by Crippen LogP contribution is 2.60. The molecular formula is C28H25Cl4F6N3O3. The first-order valence-electron chi connectivity index (χ1n) is 12.8. The van der Waals surface area contributed by atoms with Gasteiger partial charge in [-0.2, -0.15) is 13.2 Å². The van der Waals surface area contributed by atoms with Crippen LogP contribution in [0.1, 0.15) is 13.3 Å². The van der Waals surface area contributed by atoms with Gasteiger partial charge < -0.3 is 21.1 Å².